The van der Waals surface area contributed by atoms with Gasteiger partial charge >= 0.3 is 0 Å². The van der Waals surface area contributed by atoms with Crippen LogP contribution in [0.15, 0.2) is 6.20 Å². The fraction of sp³-hybridized carbons (Fsp3) is 0.333. The van der Waals surface area contributed by atoms with Crippen LogP contribution in [0.25, 0.3) is 0 Å². The first-order valence-corrected chi connectivity index (χ1v) is 7.07. The van der Waals surface area contributed by atoms with Gasteiger partial charge in [0.2, 0.25) is 5.28 Å². The van der Waals surface area contributed by atoms with Gasteiger partial charge in [-0.15, -0.1) is 11.3 Å². The molecule has 7 heteroatoms. The number of ketones is 1. The quantitative estimate of drug-likeness (QED) is 0.757. The van der Waals surface area contributed by atoms with Gasteiger partial charge in [0, 0.05) is 25.2 Å². The Morgan fingerprint density at radius 1 is 1.47 bits per heavy atom. The lowest BCUT2D eigenvalue weighted by Crippen LogP contribution is -2.12. The number of rotatable bonds is 1. The summed E-state index contributed by atoms with van der Waals surface area (Å²) >= 11 is 7.37. The van der Waals surface area contributed by atoms with Crippen LogP contribution in [0.5, 0.6) is 0 Å². The van der Waals surface area contributed by atoms with Crippen molar-refractivity contribution in [3.8, 4) is 0 Å². The Morgan fingerprint density at radius 2 is 2.26 bits per heavy atom. The number of halogens is 1. The Hall–Kier alpha value is -1.53. The molecule has 0 aromatic carbocycles. The third-order valence-electron chi connectivity index (χ3n) is 3.01. The van der Waals surface area contributed by atoms with Crippen molar-refractivity contribution in [2.24, 2.45) is 0 Å². The predicted octanol–water partition coefficient (Wildman–Crippen LogP) is 2.66. The van der Waals surface area contributed by atoms with Gasteiger partial charge in [-0.05, 0) is 18.0 Å². The van der Waals surface area contributed by atoms with Crippen LogP contribution in [-0.2, 0) is 12.8 Å². The van der Waals surface area contributed by atoms with Crippen molar-refractivity contribution in [1.29, 1.82) is 0 Å². The second-order valence-electron chi connectivity index (χ2n) is 4.26. The van der Waals surface area contributed by atoms with E-state index in [2.05, 4.69) is 15.0 Å². The topological polar surface area (TPSA) is 59.0 Å². The Bertz CT molecular complexity index is 670. The SMILES string of the molecule is CCc1nc2c(s1)N(C)c1nc(Cl)ncc1CC2=O. The molecule has 1 aliphatic rings. The maximum Gasteiger partial charge on any atom is 0.224 e. The smallest absolute Gasteiger partial charge is 0.224 e. The van der Waals surface area contributed by atoms with Crippen LogP contribution in [-0.4, -0.2) is 27.8 Å². The van der Waals surface area contributed by atoms with Crippen molar-refractivity contribution >= 4 is 39.5 Å². The van der Waals surface area contributed by atoms with Crippen LogP contribution < -0.4 is 4.90 Å². The summed E-state index contributed by atoms with van der Waals surface area (Å²) in [6.45, 7) is 2.02. The Balaban J connectivity index is 2.20. The zero-order valence-corrected chi connectivity index (χ0v) is 12.0. The number of carbonyl (C=O) groups excluding carboxylic acids is 1. The molecule has 0 bridgehead atoms. The van der Waals surface area contributed by atoms with Crippen LogP contribution in [0.3, 0.4) is 0 Å². The fourth-order valence-corrected chi connectivity index (χ4v) is 3.17. The van der Waals surface area contributed by atoms with Gasteiger partial charge < -0.3 is 4.90 Å². The first kappa shape index (κ1) is 12.5. The molecule has 2 aromatic rings. The molecule has 0 N–H and O–H groups in total. The summed E-state index contributed by atoms with van der Waals surface area (Å²) in [4.78, 5) is 26.7. The molecule has 1 aliphatic heterocycles. The van der Waals surface area contributed by atoms with Crippen molar-refractivity contribution in [1.82, 2.24) is 15.0 Å². The lowest BCUT2D eigenvalue weighted by molar-refractivity contribution is 0.0990. The Morgan fingerprint density at radius 3 is 3.00 bits per heavy atom. The number of carbonyl (C=O) groups is 1. The van der Waals surface area contributed by atoms with Crippen molar-refractivity contribution in [3.05, 3.63) is 27.7 Å². The average Bonchev–Trinajstić information content (AvgIpc) is 2.80. The van der Waals surface area contributed by atoms with E-state index >= 15 is 0 Å². The van der Waals surface area contributed by atoms with E-state index < -0.39 is 0 Å². The molecule has 3 rings (SSSR count). The second-order valence-corrected chi connectivity index (χ2v) is 5.66. The largest absolute Gasteiger partial charge is 0.319 e. The van der Waals surface area contributed by atoms with Crippen LogP contribution >= 0.6 is 22.9 Å². The Kier molecular flexibility index (Phi) is 2.99. The molecule has 3 heterocycles. The highest BCUT2D eigenvalue weighted by Gasteiger charge is 2.28. The van der Waals surface area contributed by atoms with E-state index in [9.17, 15) is 4.79 Å². The molecular weight excluding hydrogens is 284 g/mol. The molecule has 0 amide bonds. The van der Waals surface area contributed by atoms with Crippen LogP contribution in [0, 0.1) is 0 Å². The molecule has 0 radical (unpaired) electrons. The number of hydrogen-bond donors (Lipinski definition) is 0. The first-order valence-electron chi connectivity index (χ1n) is 5.88. The number of anilines is 2. The van der Waals surface area contributed by atoms with Gasteiger partial charge in [0.25, 0.3) is 0 Å². The number of Topliss-reactive ketones (excluding diaryl/α,β-unsaturated/α-hetero) is 1. The third-order valence-corrected chi connectivity index (χ3v) is 4.46. The third kappa shape index (κ3) is 2.01. The monoisotopic (exact) mass is 294 g/mol. The highest BCUT2D eigenvalue weighted by atomic mass is 35.5. The van der Waals surface area contributed by atoms with E-state index in [4.69, 9.17) is 11.6 Å². The highest BCUT2D eigenvalue weighted by molar-refractivity contribution is 7.16. The van der Waals surface area contributed by atoms with Gasteiger partial charge in [-0.3, -0.25) is 4.79 Å². The number of nitrogens with zero attached hydrogens (tertiary/aromatic N) is 4. The summed E-state index contributed by atoms with van der Waals surface area (Å²) in [5, 5.41) is 1.96. The minimum atomic E-state index is 0.00229. The van der Waals surface area contributed by atoms with Gasteiger partial charge in [-0.25, -0.2) is 9.97 Å². The molecule has 0 fully saturated rings. The molecule has 19 heavy (non-hydrogen) atoms. The standard InChI is InChI=1S/C12H11ClN4OS/c1-3-8-15-9-7(18)4-6-5-14-12(13)16-10(6)17(2)11(9)19-8/h5H,3-4H2,1-2H3. The normalized spacial score (nSPS) is 14.1. The average molecular weight is 295 g/mol. The minimum Gasteiger partial charge on any atom is -0.319 e. The summed E-state index contributed by atoms with van der Waals surface area (Å²) in [5.41, 5.74) is 1.30. The zero-order chi connectivity index (χ0) is 13.6. The number of aryl methyl sites for hydroxylation is 1. The Labute approximate surface area is 119 Å². The molecule has 0 aliphatic carbocycles. The van der Waals surface area contributed by atoms with E-state index in [1.807, 2.05) is 18.9 Å². The number of fused-ring (bicyclic) bond motifs is 2. The molecule has 98 valence electrons. The summed E-state index contributed by atoms with van der Waals surface area (Å²) < 4.78 is 0. The summed E-state index contributed by atoms with van der Waals surface area (Å²) in [5.74, 6) is 0.681. The maximum absolute atomic E-state index is 12.3. The van der Waals surface area contributed by atoms with Crippen molar-refractivity contribution < 1.29 is 4.79 Å². The molecule has 0 unspecified atom stereocenters. The molecule has 0 saturated carbocycles. The van der Waals surface area contributed by atoms with E-state index in [-0.39, 0.29) is 17.5 Å². The molecular formula is C12H11ClN4OS. The van der Waals surface area contributed by atoms with E-state index in [1.54, 1.807) is 6.20 Å². The lowest BCUT2D eigenvalue weighted by atomic mass is 10.1. The van der Waals surface area contributed by atoms with Crippen molar-refractivity contribution in [2.45, 2.75) is 19.8 Å². The second kappa shape index (κ2) is 4.54. The van der Waals surface area contributed by atoms with Gasteiger partial charge in [0.1, 0.15) is 16.5 Å². The van der Waals surface area contributed by atoms with Gasteiger partial charge in [-0.1, -0.05) is 6.92 Å². The van der Waals surface area contributed by atoms with Crippen LogP contribution in [0.1, 0.15) is 28.0 Å². The highest BCUT2D eigenvalue weighted by Crippen LogP contribution is 2.37. The minimum absolute atomic E-state index is 0.00229. The van der Waals surface area contributed by atoms with Gasteiger partial charge in [0.15, 0.2) is 5.78 Å². The summed E-state index contributed by atoms with van der Waals surface area (Å²) in [6.07, 6.45) is 2.68. The lowest BCUT2D eigenvalue weighted by Gasteiger charge is -2.16. The van der Waals surface area contributed by atoms with Crippen LogP contribution in [0.4, 0.5) is 10.8 Å². The molecule has 5 nitrogen and oxygen atoms in total. The number of thiazole rings is 1. The van der Waals surface area contributed by atoms with E-state index in [0.29, 0.717) is 11.5 Å². The predicted molar refractivity (Wildman–Crippen MR) is 74.6 cm³/mol. The van der Waals surface area contributed by atoms with E-state index in [0.717, 1.165) is 22.0 Å². The molecule has 0 atom stereocenters. The van der Waals surface area contributed by atoms with Crippen LogP contribution in [0.2, 0.25) is 5.28 Å². The number of hydrogen-bond acceptors (Lipinski definition) is 6. The number of aromatic nitrogens is 3. The molecule has 0 spiro atoms. The van der Waals surface area contributed by atoms with E-state index in [1.165, 1.54) is 11.3 Å². The summed E-state index contributed by atoms with van der Waals surface area (Å²) in [6, 6.07) is 0. The zero-order valence-electron chi connectivity index (χ0n) is 10.5. The maximum atomic E-state index is 12.3. The molecule has 0 saturated heterocycles. The van der Waals surface area contributed by atoms with Crippen molar-refractivity contribution in [3.63, 3.8) is 0 Å². The van der Waals surface area contributed by atoms with Gasteiger partial charge in [-0.2, -0.15) is 4.98 Å². The summed E-state index contributed by atoms with van der Waals surface area (Å²) in [7, 11) is 1.87. The van der Waals surface area contributed by atoms with Crippen molar-refractivity contribution in [2.75, 3.05) is 11.9 Å². The van der Waals surface area contributed by atoms with Gasteiger partial charge in [0.05, 0.1) is 5.01 Å². The fourth-order valence-electron chi connectivity index (χ4n) is 2.06. The molecule has 2 aromatic heterocycles. The first-order chi connectivity index (χ1) is 9.10.